The van der Waals surface area contributed by atoms with Gasteiger partial charge in [0.1, 0.15) is 5.67 Å². The van der Waals surface area contributed by atoms with Crippen LogP contribution in [0.3, 0.4) is 0 Å². The van der Waals surface area contributed by atoms with Crippen molar-refractivity contribution < 1.29 is 4.39 Å². The molecular formula is C12H23F. The van der Waals surface area contributed by atoms with E-state index in [-0.39, 0.29) is 0 Å². The van der Waals surface area contributed by atoms with Gasteiger partial charge < -0.3 is 0 Å². The van der Waals surface area contributed by atoms with E-state index >= 15 is 0 Å². The molecule has 0 amide bonds. The first kappa shape index (κ1) is 11.0. The molecule has 13 heavy (non-hydrogen) atoms. The van der Waals surface area contributed by atoms with Crippen LogP contribution in [0.25, 0.3) is 0 Å². The molecule has 0 aromatic heterocycles. The Morgan fingerprint density at radius 2 is 1.77 bits per heavy atom. The van der Waals surface area contributed by atoms with Crippen LogP contribution in [0.5, 0.6) is 0 Å². The standard InChI is InChI=1S/C12H23F/c1-11(2,3)10-6-5-8-12(4,13)9-7-10/h10H,5-9H2,1-4H3. The Labute approximate surface area is 81.9 Å². The first-order valence-electron chi connectivity index (χ1n) is 5.50. The Balaban J connectivity index is 2.55. The number of halogens is 1. The summed E-state index contributed by atoms with van der Waals surface area (Å²) in [6.45, 7) is 8.59. The Kier molecular flexibility index (Phi) is 3.04. The van der Waals surface area contributed by atoms with Gasteiger partial charge in [0.25, 0.3) is 0 Å². The van der Waals surface area contributed by atoms with Gasteiger partial charge in [-0.2, -0.15) is 0 Å². The highest BCUT2D eigenvalue weighted by Gasteiger charge is 2.32. The third kappa shape index (κ3) is 3.28. The molecule has 2 unspecified atom stereocenters. The fourth-order valence-electron chi connectivity index (χ4n) is 2.33. The van der Waals surface area contributed by atoms with E-state index in [1.54, 1.807) is 6.92 Å². The van der Waals surface area contributed by atoms with Gasteiger partial charge in [0, 0.05) is 0 Å². The maximum atomic E-state index is 13.7. The second-order valence-electron chi connectivity index (χ2n) is 5.91. The van der Waals surface area contributed by atoms with Crippen LogP contribution in [0.2, 0.25) is 0 Å². The molecule has 0 spiro atoms. The van der Waals surface area contributed by atoms with Gasteiger partial charge in [0.05, 0.1) is 0 Å². The summed E-state index contributed by atoms with van der Waals surface area (Å²) in [6.07, 6.45) is 4.86. The SMILES string of the molecule is CC1(F)CCCC(C(C)(C)C)CC1. The number of rotatable bonds is 0. The molecule has 0 aliphatic heterocycles. The minimum absolute atomic E-state index is 0.362. The van der Waals surface area contributed by atoms with Gasteiger partial charge in [-0.05, 0) is 50.4 Å². The van der Waals surface area contributed by atoms with Gasteiger partial charge in [0.2, 0.25) is 0 Å². The Bertz CT molecular complexity index is 164. The molecule has 1 saturated carbocycles. The molecule has 0 heterocycles. The summed E-state index contributed by atoms with van der Waals surface area (Å²) in [5.41, 5.74) is -0.527. The molecule has 0 aromatic carbocycles. The van der Waals surface area contributed by atoms with Gasteiger partial charge in [-0.15, -0.1) is 0 Å². The Hall–Kier alpha value is -0.0700. The molecule has 0 aromatic rings. The van der Waals surface area contributed by atoms with Gasteiger partial charge >= 0.3 is 0 Å². The summed E-state index contributed by atoms with van der Waals surface area (Å²) in [4.78, 5) is 0. The fourth-order valence-corrected chi connectivity index (χ4v) is 2.33. The summed E-state index contributed by atoms with van der Waals surface area (Å²) >= 11 is 0. The van der Waals surface area contributed by atoms with Gasteiger partial charge in [-0.3, -0.25) is 0 Å². The van der Waals surface area contributed by atoms with E-state index in [1.165, 1.54) is 6.42 Å². The van der Waals surface area contributed by atoms with E-state index in [4.69, 9.17) is 0 Å². The third-order valence-electron chi connectivity index (χ3n) is 3.49. The van der Waals surface area contributed by atoms with Crippen molar-refractivity contribution in [2.45, 2.75) is 65.5 Å². The quantitative estimate of drug-likeness (QED) is 0.494. The zero-order valence-corrected chi connectivity index (χ0v) is 9.49. The van der Waals surface area contributed by atoms with Crippen molar-refractivity contribution in [3.8, 4) is 0 Å². The highest BCUT2D eigenvalue weighted by Crippen LogP contribution is 2.40. The van der Waals surface area contributed by atoms with Crippen LogP contribution in [-0.4, -0.2) is 5.67 Å². The van der Waals surface area contributed by atoms with E-state index < -0.39 is 5.67 Å². The van der Waals surface area contributed by atoms with Crippen molar-refractivity contribution in [1.29, 1.82) is 0 Å². The molecule has 0 bridgehead atoms. The third-order valence-corrected chi connectivity index (χ3v) is 3.49. The lowest BCUT2D eigenvalue weighted by Crippen LogP contribution is -2.21. The molecule has 2 atom stereocenters. The molecule has 0 nitrogen and oxygen atoms in total. The number of alkyl halides is 1. The van der Waals surface area contributed by atoms with Gasteiger partial charge in [0.15, 0.2) is 0 Å². The van der Waals surface area contributed by atoms with Crippen molar-refractivity contribution in [3.63, 3.8) is 0 Å². The van der Waals surface area contributed by atoms with Gasteiger partial charge in [-0.25, -0.2) is 4.39 Å². The zero-order valence-electron chi connectivity index (χ0n) is 9.49. The van der Waals surface area contributed by atoms with Crippen molar-refractivity contribution in [2.24, 2.45) is 11.3 Å². The average molecular weight is 186 g/mol. The molecule has 1 rings (SSSR count). The second-order valence-corrected chi connectivity index (χ2v) is 5.91. The normalized spacial score (nSPS) is 37.2. The summed E-state index contributed by atoms with van der Waals surface area (Å²) in [6, 6.07) is 0. The van der Waals surface area contributed by atoms with E-state index in [0.717, 1.165) is 25.7 Å². The van der Waals surface area contributed by atoms with Crippen LogP contribution < -0.4 is 0 Å². The van der Waals surface area contributed by atoms with Crippen LogP contribution in [0.1, 0.15) is 59.8 Å². The first-order valence-corrected chi connectivity index (χ1v) is 5.50. The van der Waals surface area contributed by atoms with Crippen LogP contribution >= 0.6 is 0 Å². The number of hydrogen-bond donors (Lipinski definition) is 0. The van der Waals surface area contributed by atoms with Crippen LogP contribution in [0, 0.1) is 11.3 Å². The molecule has 1 heteroatoms. The monoisotopic (exact) mass is 186 g/mol. The summed E-state index contributed by atoms with van der Waals surface area (Å²) in [5.74, 6) is 0.713. The molecular weight excluding hydrogens is 163 g/mol. The molecule has 0 saturated heterocycles. The minimum atomic E-state index is -0.889. The molecule has 1 aliphatic carbocycles. The van der Waals surface area contributed by atoms with Crippen molar-refractivity contribution >= 4 is 0 Å². The predicted molar refractivity (Wildman–Crippen MR) is 55.5 cm³/mol. The summed E-state index contributed by atoms with van der Waals surface area (Å²) in [7, 11) is 0. The van der Waals surface area contributed by atoms with Crippen LogP contribution in [-0.2, 0) is 0 Å². The van der Waals surface area contributed by atoms with E-state index in [1.807, 2.05) is 0 Å². The molecule has 1 fully saturated rings. The summed E-state index contributed by atoms with van der Waals surface area (Å²) < 4.78 is 13.7. The van der Waals surface area contributed by atoms with Crippen molar-refractivity contribution in [2.75, 3.05) is 0 Å². The molecule has 0 N–H and O–H groups in total. The van der Waals surface area contributed by atoms with E-state index in [9.17, 15) is 4.39 Å². The second kappa shape index (κ2) is 3.59. The Morgan fingerprint density at radius 1 is 1.15 bits per heavy atom. The predicted octanol–water partition coefficient (Wildman–Crippen LogP) is 4.34. The topological polar surface area (TPSA) is 0 Å². The van der Waals surface area contributed by atoms with Crippen molar-refractivity contribution in [1.82, 2.24) is 0 Å². The molecule has 0 radical (unpaired) electrons. The lowest BCUT2D eigenvalue weighted by atomic mass is 9.76. The van der Waals surface area contributed by atoms with Crippen molar-refractivity contribution in [3.05, 3.63) is 0 Å². The van der Waals surface area contributed by atoms with Crippen LogP contribution in [0.15, 0.2) is 0 Å². The summed E-state index contributed by atoms with van der Waals surface area (Å²) in [5, 5.41) is 0. The van der Waals surface area contributed by atoms with Crippen LogP contribution in [0.4, 0.5) is 4.39 Å². The maximum Gasteiger partial charge on any atom is 0.108 e. The molecule has 1 aliphatic rings. The van der Waals surface area contributed by atoms with E-state index in [0.29, 0.717) is 11.3 Å². The Morgan fingerprint density at radius 3 is 2.31 bits per heavy atom. The highest BCUT2D eigenvalue weighted by atomic mass is 19.1. The largest absolute Gasteiger partial charge is 0.244 e. The number of hydrogen-bond acceptors (Lipinski definition) is 0. The fraction of sp³-hybridized carbons (Fsp3) is 1.00. The highest BCUT2D eigenvalue weighted by molar-refractivity contribution is 4.83. The average Bonchev–Trinajstić information content (AvgIpc) is 2.08. The van der Waals surface area contributed by atoms with Gasteiger partial charge in [-0.1, -0.05) is 20.8 Å². The first-order chi connectivity index (χ1) is 5.81. The smallest absolute Gasteiger partial charge is 0.108 e. The molecule has 78 valence electrons. The lowest BCUT2D eigenvalue weighted by molar-refractivity contribution is 0.153. The lowest BCUT2D eigenvalue weighted by Gasteiger charge is -2.29. The van der Waals surface area contributed by atoms with E-state index in [2.05, 4.69) is 20.8 Å². The zero-order chi connectivity index (χ0) is 10.1. The maximum absolute atomic E-state index is 13.7. The minimum Gasteiger partial charge on any atom is -0.244 e.